The lowest BCUT2D eigenvalue weighted by atomic mass is 9.91. The number of carbonyl (C=O) groups excluding carboxylic acids is 4. The van der Waals surface area contributed by atoms with Crippen LogP contribution in [0.4, 0.5) is 0 Å². The van der Waals surface area contributed by atoms with E-state index in [1.165, 1.54) is 26.8 Å². The second-order valence-electron chi connectivity index (χ2n) is 5.19. The second-order valence-corrected chi connectivity index (χ2v) is 5.19. The van der Waals surface area contributed by atoms with Gasteiger partial charge in [-0.05, 0) is 13.0 Å². The molecule has 0 saturated heterocycles. The first kappa shape index (κ1) is 20.2. The summed E-state index contributed by atoms with van der Waals surface area (Å²) in [6, 6.07) is 0. The van der Waals surface area contributed by atoms with Crippen LogP contribution in [0.25, 0.3) is 0 Å². The molecule has 8 heteroatoms. The molecule has 8 nitrogen and oxygen atoms in total. The molecule has 0 unspecified atom stereocenters. The van der Waals surface area contributed by atoms with Crippen molar-refractivity contribution in [1.82, 2.24) is 0 Å². The zero-order valence-electron chi connectivity index (χ0n) is 14.5. The molecule has 0 heterocycles. The van der Waals surface area contributed by atoms with Gasteiger partial charge in [-0.1, -0.05) is 5.92 Å². The highest BCUT2D eigenvalue weighted by molar-refractivity contribution is 5.89. The quantitative estimate of drug-likeness (QED) is 0.404. The Kier molecular flexibility index (Phi) is 7.66. The third kappa shape index (κ3) is 6.67. The average molecular weight is 352 g/mol. The molecule has 136 valence electrons. The molecule has 0 fully saturated rings. The van der Waals surface area contributed by atoms with Crippen LogP contribution in [0.15, 0.2) is 11.6 Å². The van der Waals surface area contributed by atoms with Crippen molar-refractivity contribution >= 4 is 23.9 Å². The highest BCUT2D eigenvalue weighted by Gasteiger charge is 2.41. The van der Waals surface area contributed by atoms with Gasteiger partial charge in [0.05, 0.1) is 0 Å². The lowest BCUT2D eigenvalue weighted by Gasteiger charge is -2.34. The number of hydrogen-bond acceptors (Lipinski definition) is 8. The lowest BCUT2D eigenvalue weighted by Crippen LogP contribution is -2.47. The summed E-state index contributed by atoms with van der Waals surface area (Å²) in [4.78, 5) is 46.1. The minimum absolute atomic E-state index is 0.0479. The third-order valence-electron chi connectivity index (χ3n) is 3.11. The van der Waals surface area contributed by atoms with E-state index in [1.807, 2.05) is 0 Å². The first-order valence-corrected chi connectivity index (χ1v) is 7.53. The van der Waals surface area contributed by atoms with Crippen molar-refractivity contribution in [3.8, 4) is 11.8 Å². The Morgan fingerprint density at radius 1 is 1.04 bits per heavy atom. The Hall–Kier alpha value is -2.82. The summed E-state index contributed by atoms with van der Waals surface area (Å²) in [5.74, 6) is 2.56. The van der Waals surface area contributed by atoms with E-state index in [0.29, 0.717) is 0 Å². The summed E-state index contributed by atoms with van der Waals surface area (Å²) < 4.78 is 20.3. The monoisotopic (exact) mass is 352 g/mol. The number of ether oxygens (including phenoxy) is 4. The maximum absolute atomic E-state index is 12.1. The minimum Gasteiger partial charge on any atom is -0.458 e. The maximum Gasteiger partial charge on any atom is 0.334 e. The Morgan fingerprint density at radius 2 is 1.64 bits per heavy atom. The van der Waals surface area contributed by atoms with Gasteiger partial charge >= 0.3 is 23.9 Å². The van der Waals surface area contributed by atoms with Crippen LogP contribution in [-0.4, -0.2) is 48.8 Å². The first-order chi connectivity index (χ1) is 11.7. The summed E-state index contributed by atoms with van der Waals surface area (Å²) in [5.41, 5.74) is 0.138. The third-order valence-corrected chi connectivity index (χ3v) is 3.11. The highest BCUT2D eigenvalue weighted by Crippen LogP contribution is 2.27. The van der Waals surface area contributed by atoms with Crippen LogP contribution < -0.4 is 0 Å². The van der Waals surface area contributed by atoms with Gasteiger partial charge in [0.1, 0.15) is 6.10 Å². The number of esters is 4. The normalized spacial score (nSPS) is 21.8. The molecule has 0 aromatic heterocycles. The molecule has 0 N–H and O–H groups in total. The Morgan fingerprint density at radius 3 is 2.16 bits per heavy atom. The predicted molar refractivity (Wildman–Crippen MR) is 83.8 cm³/mol. The largest absolute Gasteiger partial charge is 0.458 e. The zero-order valence-corrected chi connectivity index (χ0v) is 14.5. The number of carbonyl (C=O) groups is 4. The van der Waals surface area contributed by atoms with Crippen molar-refractivity contribution in [1.29, 1.82) is 0 Å². The van der Waals surface area contributed by atoms with E-state index in [2.05, 4.69) is 11.8 Å². The van der Waals surface area contributed by atoms with Gasteiger partial charge in [-0.25, -0.2) is 4.79 Å². The average Bonchev–Trinajstić information content (AvgIpc) is 2.48. The fourth-order valence-electron chi connectivity index (χ4n) is 2.27. The molecule has 3 atom stereocenters. The van der Waals surface area contributed by atoms with E-state index in [1.54, 1.807) is 6.92 Å². The van der Waals surface area contributed by atoms with E-state index in [-0.39, 0.29) is 18.6 Å². The maximum atomic E-state index is 12.1. The molecule has 0 aliphatic heterocycles. The van der Waals surface area contributed by atoms with Gasteiger partial charge in [0.15, 0.2) is 18.8 Å². The summed E-state index contributed by atoms with van der Waals surface area (Å²) in [5, 5.41) is 0. The van der Waals surface area contributed by atoms with E-state index in [4.69, 9.17) is 18.9 Å². The molecule has 1 aliphatic carbocycles. The van der Waals surface area contributed by atoms with Crippen LogP contribution >= 0.6 is 0 Å². The molecule has 0 amide bonds. The second kappa shape index (κ2) is 9.47. The van der Waals surface area contributed by atoms with Crippen LogP contribution in [0.2, 0.25) is 0 Å². The van der Waals surface area contributed by atoms with Gasteiger partial charge < -0.3 is 18.9 Å². The van der Waals surface area contributed by atoms with Gasteiger partial charge in [-0.2, -0.15) is 0 Å². The smallest absolute Gasteiger partial charge is 0.334 e. The van der Waals surface area contributed by atoms with Crippen molar-refractivity contribution in [2.24, 2.45) is 0 Å². The lowest BCUT2D eigenvalue weighted by molar-refractivity contribution is -0.180. The molecule has 25 heavy (non-hydrogen) atoms. The molecule has 0 aromatic carbocycles. The molecule has 0 saturated carbocycles. The first-order valence-electron chi connectivity index (χ1n) is 7.53. The van der Waals surface area contributed by atoms with Crippen molar-refractivity contribution in [3.63, 3.8) is 0 Å². The molecule has 0 radical (unpaired) electrons. The van der Waals surface area contributed by atoms with Gasteiger partial charge in [-0.3, -0.25) is 14.4 Å². The standard InChI is InChI=1S/C17H20O8/c1-5-6-7-22-17(21)13-8-14(23-10(2)18)16(25-12(4)20)15(9-13)24-11(3)19/h8,14-16H,7,9H2,1-4H3/t14-,15-,16-/m1/s1. The fraction of sp³-hybridized carbons (Fsp3) is 0.529. The van der Waals surface area contributed by atoms with Gasteiger partial charge in [0, 0.05) is 32.8 Å². The Labute approximate surface area is 145 Å². The van der Waals surface area contributed by atoms with Crippen LogP contribution in [0.3, 0.4) is 0 Å². The van der Waals surface area contributed by atoms with Crippen molar-refractivity contribution in [3.05, 3.63) is 11.6 Å². The summed E-state index contributed by atoms with van der Waals surface area (Å²) in [7, 11) is 0. The van der Waals surface area contributed by atoms with Crippen molar-refractivity contribution < 1.29 is 38.1 Å². The van der Waals surface area contributed by atoms with Crippen molar-refractivity contribution in [2.75, 3.05) is 6.61 Å². The van der Waals surface area contributed by atoms with E-state index in [9.17, 15) is 19.2 Å². The molecule has 0 spiro atoms. The topological polar surface area (TPSA) is 105 Å². The molecule has 0 aromatic rings. The zero-order chi connectivity index (χ0) is 19.0. The summed E-state index contributed by atoms with van der Waals surface area (Å²) in [6.45, 7) is 5.02. The molecule has 0 bridgehead atoms. The Balaban J connectivity index is 3.11. The van der Waals surface area contributed by atoms with E-state index >= 15 is 0 Å². The molecular formula is C17H20O8. The summed E-state index contributed by atoms with van der Waals surface area (Å²) in [6.07, 6.45) is -1.85. The van der Waals surface area contributed by atoms with Crippen LogP contribution in [0.5, 0.6) is 0 Å². The van der Waals surface area contributed by atoms with Crippen molar-refractivity contribution in [2.45, 2.75) is 52.4 Å². The highest BCUT2D eigenvalue weighted by atomic mass is 16.6. The van der Waals surface area contributed by atoms with E-state index < -0.39 is 42.2 Å². The van der Waals surface area contributed by atoms with Gasteiger partial charge in [0.25, 0.3) is 0 Å². The van der Waals surface area contributed by atoms with Gasteiger partial charge in [-0.15, -0.1) is 5.92 Å². The number of hydrogen-bond donors (Lipinski definition) is 0. The molecular weight excluding hydrogens is 332 g/mol. The van der Waals surface area contributed by atoms with Gasteiger partial charge in [0.2, 0.25) is 0 Å². The Bertz CT molecular complexity index is 637. The molecule has 1 rings (SSSR count). The minimum atomic E-state index is -1.08. The van der Waals surface area contributed by atoms with Crippen LogP contribution in [0, 0.1) is 11.8 Å². The fourth-order valence-corrected chi connectivity index (χ4v) is 2.27. The molecule has 1 aliphatic rings. The van der Waals surface area contributed by atoms with E-state index in [0.717, 1.165) is 0 Å². The van der Waals surface area contributed by atoms with Crippen LogP contribution in [0.1, 0.15) is 34.1 Å². The SMILES string of the molecule is CC#CCOC(=O)C1=C[C@@H](OC(C)=O)[C@@H](OC(C)=O)[C@H](OC(C)=O)C1. The summed E-state index contributed by atoms with van der Waals surface area (Å²) >= 11 is 0. The van der Waals surface area contributed by atoms with Crippen LogP contribution in [-0.2, 0) is 38.1 Å². The number of rotatable bonds is 5. The predicted octanol–water partition coefficient (Wildman–Crippen LogP) is 0.678.